The van der Waals surface area contributed by atoms with Gasteiger partial charge in [-0.1, -0.05) is 62.1 Å². The van der Waals surface area contributed by atoms with Crippen LogP contribution in [0.4, 0.5) is 0 Å². The molecule has 0 spiro atoms. The van der Waals surface area contributed by atoms with Crippen molar-refractivity contribution in [1.82, 2.24) is 9.55 Å². The highest BCUT2D eigenvalue weighted by atomic mass is 35.5. The molecule has 28 heavy (non-hydrogen) atoms. The Bertz CT molecular complexity index is 961. The van der Waals surface area contributed by atoms with Crippen molar-refractivity contribution in [1.29, 1.82) is 0 Å². The van der Waals surface area contributed by atoms with Gasteiger partial charge in [0.15, 0.2) is 0 Å². The Morgan fingerprint density at radius 2 is 1.64 bits per heavy atom. The van der Waals surface area contributed by atoms with Crippen LogP contribution in [0, 0.1) is 20.8 Å². The minimum Gasteiger partial charge on any atom is -0.425 e. The fraction of sp³-hybridized carbons (Fsp3) is 0.458. The molecule has 0 unspecified atom stereocenters. The third-order valence-corrected chi connectivity index (χ3v) is 5.78. The van der Waals surface area contributed by atoms with Crippen molar-refractivity contribution in [3.8, 4) is 11.8 Å². The maximum atomic E-state index is 6.53. The van der Waals surface area contributed by atoms with E-state index < -0.39 is 0 Å². The van der Waals surface area contributed by atoms with Crippen LogP contribution in [0.5, 0.6) is 11.8 Å². The van der Waals surface area contributed by atoms with Crippen LogP contribution in [-0.2, 0) is 7.05 Å². The molecule has 0 fully saturated rings. The van der Waals surface area contributed by atoms with Crippen LogP contribution in [0.1, 0.15) is 67.7 Å². The van der Waals surface area contributed by atoms with Crippen molar-refractivity contribution in [3.05, 3.63) is 51.5 Å². The minimum atomic E-state index is 0.515. The molecule has 3 nitrogen and oxygen atoms in total. The van der Waals surface area contributed by atoms with Gasteiger partial charge in [0, 0.05) is 7.05 Å². The summed E-state index contributed by atoms with van der Waals surface area (Å²) in [6.45, 7) is 10.8. The first-order valence-corrected chi connectivity index (χ1v) is 10.7. The second-order valence-corrected chi connectivity index (χ2v) is 8.30. The van der Waals surface area contributed by atoms with Gasteiger partial charge in [-0.25, -0.2) is 0 Å². The molecule has 3 aromatic rings. The lowest BCUT2D eigenvalue weighted by atomic mass is 9.89. The third-order valence-electron chi connectivity index (χ3n) is 5.48. The Morgan fingerprint density at radius 3 is 2.21 bits per heavy atom. The van der Waals surface area contributed by atoms with Crippen LogP contribution >= 0.6 is 11.6 Å². The number of fused-ring (bicyclic) bond motifs is 1. The van der Waals surface area contributed by atoms with Gasteiger partial charge in [-0.2, -0.15) is 4.98 Å². The van der Waals surface area contributed by atoms with Crippen LogP contribution in [0.15, 0.2) is 24.3 Å². The molecule has 0 atom stereocenters. The van der Waals surface area contributed by atoms with Crippen LogP contribution < -0.4 is 4.74 Å². The normalized spacial score (nSPS) is 11.6. The molecule has 0 aliphatic heterocycles. The van der Waals surface area contributed by atoms with Crippen LogP contribution in [0.25, 0.3) is 11.0 Å². The summed E-state index contributed by atoms with van der Waals surface area (Å²) in [6, 6.07) is 9.03. The summed E-state index contributed by atoms with van der Waals surface area (Å²) in [5, 5.41) is 0.674. The zero-order valence-electron chi connectivity index (χ0n) is 17.9. The second-order valence-electron chi connectivity index (χ2n) is 7.89. The molecule has 1 heterocycles. The van der Waals surface area contributed by atoms with Gasteiger partial charge in [-0.3, -0.25) is 4.57 Å². The molecular formula is C24H31ClN2O. The summed E-state index contributed by atoms with van der Waals surface area (Å²) < 4.78 is 8.38. The molecule has 150 valence electrons. The van der Waals surface area contributed by atoms with E-state index in [0.717, 1.165) is 40.8 Å². The molecule has 0 aliphatic carbocycles. The van der Waals surface area contributed by atoms with E-state index in [2.05, 4.69) is 57.4 Å². The molecule has 0 N–H and O–H groups in total. The molecule has 0 bridgehead atoms. The average Bonchev–Trinajstić information content (AvgIpc) is 2.96. The number of aryl methyl sites for hydroxylation is 4. The molecule has 0 saturated heterocycles. The maximum Gasteiger partial charge on any atom is 0.302 e. The van der Waals surface area contributed by atoms with Gasteiger partial charge < -0.3 is 4.74 Å². The van der Waals surface area contributed by atoms with Crippen molar-refractivity contribution in [2.45, 2.75) is 66.2 Å². The number of hydrogen-bond acceptors (Lipinski definition) is 2. The van der Waals surface area contributed by atoms with E-state index in [1.165, 1.54) is 24.0 Å². The summed E-state index contributed by atoms with van der Waals surface area (Å²) in [7, 11) is 2.03. The van der Waals surface area contributed by atoms with Crippen molar-refractivity contribution >= 4 is 22.6 Å². The van der Waals surface area contributed by atoms with Gasteiger partial charge in [0.1, 0.15) is 11.3 Å². The Kier molecular flexibility index (Phi) is 6.34. The largest absolute Gasteiger partial charge is 0.425 e. The molecule has 3 rings (SSSR count). The van der Waals surface area contributed by atoms with Crippen molar-refractivity contribution in [2.75, 3.05) is 0 Å². The highest BCUT2D eigenvalue weighted by Crippen LogP contribution is 2.38. The Morgan fingerprint density at radius 1 is 1.04 bits per heavy atom. The van der Waals surface area contributed by atoms with E-state index in [4.69, 9.17) is 21.3 Å². The van der Waals surface area contributed by atoms with Crippen molar-refractivity contribution in [2.24, 2.45) is 7.05 Å². The van der Waals surface area contributed by atoms with Crippen molar-refractivity contribution in [3.63, 3.8) is 0 Å². The zero-order valence-corrected chi connectivity index (χ0v) is 18.7. The molecule has 0 aliphatic rings. The maximum absolute atomic E-state index is 6.53. The van der Waals surface area contributed by atoms with E-state index in [0.29, 0.717) is 17.0 Å². The van der Waals surface area contributed by atoms with Crippen LogP contribution in [-0.4, -0.2) is 9.55 Å². The number of aromatic nitrogens is 2. The van der Waals surface area contributed by atoms with Gasteiger partial charge in [0.2, 0.25) is 0 Å². The van der Waals surface area contributed by atoms with Gasteiger partial charge in [-0.05, 0) is 62.3 Å². The summed E-state index contributed by atoms with van der Waals surface area (Å²) in [4.78, 5) is 4.78. The molecule has 0 saturated carbocycles. The standard InChI is InChI=1S/C24H31ClN2O/c1-7-9-18(10-8-2)19-11-12-20(25)21-22(19)27(6)24(26-21)28-23-16(4)13-15(3)14-17(23)5/h11-14,18H,7-10H2,1-6H3. The monoisotopic (exact) mass is 398 g/mol. The number of hydrogen-bond donors (Lipinski definition) is 0. The zero-order chi connectivity index (χ0) is 20.4. The van der Waals surface area contributed by atoms with Gasteiger partial charge >= 0.3 is 6.01 Å². The lowest BCUT2D eigenvalue weighted by Gasteiger charge is -2.18. The second kappa shape index (κ2) is 8.57. The van der Waals surface area contributed by atoms with Gasteiger partial charge in [0.25, 0.3) is 0 Å². The first kappa shape index (κ1) is 20.7. The molecule has 0 amide bonds. The third kappa shape index (κ3) is 3.91. The minimum absolute atomic E-state index is 0.515. The highest BCUT2D eigenvalue weighted by Gasteiger charge is 2.21. The first-order chi connectivity index (χ1) is 13.4. The number of imidazole rings is 1. The topological polar surface area (TPSA) is 27.1 Å². The number of ether oxygens (including phenoxy) is 1. The number of halogens is 1. The summed E-state index contributed by atoms with van der Waals surface area (Å²) in [5.74, 6) is 1.39. The number of rotatable bonds is 7. The van der Waals surface area contributed by atoms with E-state index in [1.807, 2.05) is 13.1 Å². The fourth-order valence-electron chi connectivity index (χ4n) is 4.29. The summed E-state index contributed by atoms with van der Waals surface area (Å²) in [6.07, 6.45) is 4.67. The lowest BCUT2D eigenvalue weighted by Crippen LogP contribution is -2.03. The van der Waals surface area contributed by atoms with Crippen molar-refractivity contribution < 1.29 is 4.74 Å². The van der Waals surface area contributed by atoms with Crippen LogP contribution in [0.3, 0.4) is 0 Å². The van der Waals surface area contributed by atoms with Gasteiger partial charge in [-0.15, -0.1) is 0 Å². The highest BCUT2D eigenvalue weighted by molar-refractivity contribution is 6.35. The smallest absolute Gasteiger partial charge is 0.302 e. The molecule has 2 aromatic carbocycles. The molecule has 1 aromatic heterocycles. The van der Waals surface area contributed by atoms with E-state index in [9.17, 15) is 0 Å². The predicted octanol–water partition coefficient (Wildman–Crippen LogP) is 7.63. The summed E-state index contributed by atoms with van der Waals surface area (Å²) in [5.41, 5.74) is 6.72. The Balaban J connectivity index is 2.13. The molecule has 0 radical (unpaired) electrons. The first-order valence-electron chi connectivity index (χ1n) is 10.3. The quantitative estimate of drug-likeness (QED) is 0.409. The van der Waals surface area contributed by atoms with Gasteiger partial charge in [0.05, 0.1) is 10.5 Å². The Labute approximate surface area is 173 Å². The number of benzene rings is 2. The predicted molar refractivity (Wildman–Crippen MR) is 119 cm³/mol. The van der Waals surface area contributed by atoms with E-state index in [1.54, 1.807) is 0 Å². The summed E-state index contributed by atoms with van der Waals surface area (Å²) >= 11 is 6.53. The fourth-order valence-corrected chi connectivity index (χ4v) is 4.48. The molecular weight excluding hydrogens is 368 g/mol. The molecule has 4 heteroatoms. The van der Waals surface area contributed by atoms with Crippen LogP contribution in [0.2, 0.25) is 5.02 Å². The van der Waals surface area contributed by atoms with E-state index in [-0.39, 0.29) is 0 Å². The Hall–Kier alpha value is -2.00. The average molecular weight is 399 g/mol. The number of nitrogens with zero attached hydrogens (tertiary/aromatic N) is 2. The van der Waals surface area contributed by atoms with E-state index >= 15 is 0 Å². The SMILES string of the molecule is CCCC(CCC)c1ccc(Cl)c2nc(Oc3c(C)cc(C)cc3C)n(C)c12. The lowest BCUT2D eigenvalue weighted by molar-refractivity contribution is 0.421.